The van der Waals surface area contributed by atoms with Crippen LogP contribution in [0.2, 0.25) is 0 Å². The quantitative estimate of drug-likeness (QED) is 0.827. The molecule has 2 heterocycles. The fourth-order valence-corrected chi connectivity index (χ4v) is 5.99. The van der Waals surface area contributed by atoms with Gasteiger partial charge in [0.25, 0.3) is 10.0 Å². The average molecular weight is 408 g/mol. The van der Waals surface area contributed by atoms with Gasteiger partial charge in [-0.3, -0.25) is 9.69 Å². The molecule has 1 aliphatic rings. The number of benzene rings is 1. The number of piperazine rings is 1. The van der Waals surface area contributed by atoms with E-state index in [9.17, 15) is 13.2 Å². The number of carbonyl (C=O) groups excluding carboxylic acids is 1. The van der Waals surface area contributed by atoms with Crippen molar-refractivity contribution in [3.63, 3.8) is 0 Å². The molecule has 0 bridgehead atoms. The normalized spacial score (nSPS) is 16.4. The lowest BCUT2D eigenvalue weighted by Crippen LogP contribution is -2.50. The highest BCUT2D eigenvalue weighted by Gasteiger charge is 2.29. The van der Waals surface area contributed by atoms with Crippen LogP contribution in [0.25, 0.3) is 0 Å². The van der Waals surface area contributed by atoms with Crippen LogP contribution in [-0.4, -0.2) is 56.3 Å². The largest absolute Gasteiger partial charge is 0.324 e. The van der Waals surface area contributed by atoms with Crippen LogP contribution in [0.1, 0.15) is 16.7 Å². The van der Waals surface area contributed by atoms with Gasteiger partial charge >= 0.3 is 0 Å². The molecule has 0 atom stereocenters. The Hall–Kier alpha value is -1.74. The molecule has 1 aromatic carbocycles. The highest BCUT2D eigenvalue weighted by atomic mass is 32.2. The molecule has 1 aliphatic heterocycles. The number of aryl methyl sites for hydroxylation is 3. The van der Waals surface area contributed by atoms with Gasteiger partial charge in [0.05, 0.1) is 6.54 Å². The van der Waals surface area contributed by atoms with E-state index in [0.717, 1.165) is 16.8 Å². The number of hydrogen-bond acceptors (Lipinski definition) is 5. The Morgan fingerprint density at radius 2 is 1.74 bits per heavy atom. The van der Waals surface area contributed by atoms with Crippen LogP contribution in [0.15, 0.2) is 33.9 Å². The van der Waals surface area contributed by atoms with E-state index in [2.05, 4.69) is 17.4 Å². The molecule has 0 aliphatic carbocycles. The Bertz CT molecular complexity index is 893. The van der Waals surface area contributed by atoms with Crippen LogP contribution in [0.4, 0.5) is 5.69 Å². The molecule has 1 N–H and O–H groups in total. The zero-order valence-electron chi connectivity index (χ0n) is 15.9. The van der Waals surface area contributed by atoms with E-state index in [1.165, 1.54) is 21.2 Å². The third kappa shape index (κ3) is 4.57. The summed E-state index contributed by atoms with van der Waals surface area (Å²) in [6.07, 6.45) is 0. The fraction of sp³-hybridized carbons (Fsp3) is 0.421. The summed E-state index contributed by atoms with van der Waals surface area (Å²) in [4.78, 5) is 14.4. The van der Waals surface area contributed by atoms with Crippen molar-refractivity contribution in [3.8, 4) is 0 Å². The first-order valence-electron chi connectivity index (χ1n) is 8.91. The molecule has 1 amide bonds. The first kappa shape index (κ1) is 20.0. The first-order chi connectivity index (χ1) is 12.8. The molecular formula is C19H25N3O3S2. The summed E-state index contributed by atoms with van der Waals surface area (Å²) in [6, 6.07) is 7.48. The Balaban J connectivity index is 1.56. The van der Waals surface area contributed by atoms with E-state index in [0.29, 0.717) is 30.4 Å². The van der Waals surface area contributed by atoms with Crippen LogP contribution in [0.3, 0.4) is 0 Å². The van der Waals surface area contributed by atoms with E-state index in [1.807, 2.05) is 25.7 Å². The van der Waals surface area contributed by atoms with Crippen molar-refractivity contribution in [1.29, 1.82) is 0 Å². The van der Waals surface area contributed by atoms with Gasteiger partial charge in [0.15, 0.2) is 0 Å². The summed E-state index contributed by atoms with van der Waals surface area (Å²) < 4.78 is 27.0. The summed E-state index contributed by atoms with van der Waals surface area (Å²) in [6.45, 7) is 8.17. The third-order valence-electron chi connectivity index (χ3n) is 4.73. The predicted molar refractivity (Wildman–Crippen MR) is 109 cm³/mol. The Morgan fingerprint density at radius 3 is 2.30 bits per heavy atom. The number of thiophene rings is 1. The zero-order valence-corrected chi connectivity index (χ0v) is 17.5. The molecule has 146 valence electrons. The summed E-state index contributed by atoms with van der Waals surface area (Å²) in [5.74, 6) is -0.0698. The molecule has 1 saturated heterocycles. The summed E-state index contributed by atoms with van der Waals surface area (Å²) in [5.41, 5.74) is 4.14. The topological polar surface area (TPSA) is 69.7 Å². The SMILES string of the molecule is Cc1cc(C)c(NC(=O)CN2CCN(S(=O)(=O)c3cccs3)CC2)c(C)c1. The minimum absolute atomic E-state index is 0.0698. The standard InChI is InChI=1S/C19H25N3O3S2/c1-14-11-15(2)19(16(3)12-14)20-17(23)13-21-6-8-22(9-7-21)27(24,25)18-5-4-10-26-18/h4-5,10-12H,6-9,13H2,1-3H3,(H,20,23). The summed E-state index contributed by atoms with van der Waals surface area (Å²) in [5, 5.41) is 4.77. The van der Waals surface area contributed by atoms with Crippen molar-refractivity contribution in [2.24, 2.45) is 0 Å². The van der Waals surface area contributed by atoms with Crippen LogP contribution in [-0.2, 0) is 14.8 Å². The zero-order chi connectivity index (χ0) is 19.6. The summed E-state index contributed by atoms with van der Waals surface area (Å²) >= 11 is 1.23. The molecule has 0 radical (unpaired) electrons. The maximum absolute atomic E-state index is 12.6. The van der Waals surface area contributed by atoms with E-state index >= 15 is 0 Å². The summed E-state index contributed by atoms with van der Waals surface area (Å²) in [7, 11) is -3.41. The van der Waals surface area contributed by atoms with Gasteiger partial charge in [0.2, 0.25) is 5.91 Å². The van der Waals surface area contributed by atoms with Gasteiger partial charge in [-0.05, 0) is 43.3 Å². The van der Waals surface area contributed by atoms with Crippen LogP contribution < -0.4 is 5.32 Å². The molecule has 3 rings (SSSR count). The van der Waals surface area contributed by atoms with E-state index < -0.39 is 10.0 Å². The lowest BCUT2D eigenvalue weighted by atomic mass is 10.1. The number of nitrogens with zero attached hydrogens (tertiary/aromatic N) is 2. The van der Waals surface area contributed by atoms with Gasteiger partial charge in [-0.1, -0.05) is 23.8 Å². The van der Waals surface area contributed by atoms with E-state index in [1.54, 1.807) is 17.5 Å². The van der Waals surface area contributed by atoms with Gasteiger partial charge in [0, 0.05) is 31.9 Å². The third-order valence-corrected chi connectivity index (χ3v) is 8.00. The molecule has 8 heteroatoms. The van der Waals surface area contributed by atoms with Crippen LogP contribution >= 0.6 is 11.3 Å². The van der Waals surface area contributed by atoms with Gasteiger partial charge in [-0.25, -0.2) is 8.42 Å². The van der Waals surface area contributed by atoms with Gasteiger partial charge in [-0.15, -0.1) is 11.3 Å². The predicted octanol–water partition coefficient (Wildman–Crippen LogP) is 2.62. The number of nitrogens with one attached hydrogen (secondary N) is 1. The maximum atomic E-state index is 12.6. The molecule has 2 aromatic rings. The van der Waals surface area contributed by atoms with Gasteiger partial charge < -0.3 is 5.32 Å². The van der Waals surface area contributed by atoms with Crippen LogP contribution in [0.5, 0.6) is 0 Å². The fourth-order valence-electron chi connectivity index (χ4n) is 3.42. The molecule has 0 unspecified atom stereocenters. The second-order valence-corrected chi connectivity index (χ2v) is 10.0. The molecule has 0 spiro atoms. The highest BCUT2D eigenvalue weighted by molar-refractivity contribution is 7.91. The van der Waals surface area contributed by atoms with E-state index in [-0.39, 0.29) is 12.5 Å². The Kier molecular flexibility index (Phi) is 6.00. The molecule has 0 saturated carbocycles. The van der Waals surface area contributed by atoms with Crippen molar-refractivity contribution < 1.29 is 13.2 Å². The molecule has 1 fully saturated rings. The number of carbonyl (C=O) groups is 1. The van der Waals surface area contributed by atoms with Crippen molar-refractivity contribution >= 4 is 33.0 Å². The second kappa shape index (κ2) is 8.10. The number of hydrogen-bond donors (Lipinski definition) is 1. The number of amides is 1. The number of rotatable bonds is 5. The van der Waals surface area contributed by atoms with E-state index in [4.69, 9.17) is 0 Å². The monoisotopic (exact) mass is 407 g/mol. The van der Waals surface area contributed by atoms with Crippen molar-refractivity contribution in [2.45, 2.75) is 25.0 Å². The minimum atomic E-state index is -3.41. The Morgan fingerprint density at radius 1 is 1.11 bits per heavy atom. The smallest absolute Gasteiger partial charge is 0.252 e. The highest BCUT2D eigenvalue weighted by Crippen LogP contribution is 2.23. The number of anilines is 1. The van der Waals surface area contributed by atoms with Crippen molar-refractivity contribution in [3.05, 3.63) is 46.3 Å². The molecular weight excluding hydrogens is 382 g/mol. The van der Waals surface area contributed by atoms with Crippen molar-refractivity contribution in [1.82, 2.24) is 9.21 Å². The molecule has 1 aromatic heterocycles. The molecule has 6 nitrogen and oxygen atoms in total. The van der Waals surface area contributed by atoms with Crippen LogP contribution in [0, 0.1) is 20.8 Å². The average Bonchev–Trinajstić information content (AvgIpc) is 3.14. The maximum Gasteiger partial charge on any atom is 0.252 e. The van der Waals surface area contributed by atoms with Gasteiger partial charge in [0.1, 0.15) is 4.21 Å². The lowest BCUT2D eigenvalue weighted by molar-refractivity contribution is -0.117. The minimum Gasteiger partial charge on any atom is -0.324 e. The molecule has 27 heavy (non-hydrogen) atoms. The Labute approximate surface area is 164 Å². The van der Waals surface area contributed by atoms with Gasteiger partial charge in [-0.2, -0.15) is 4.31 Å². The first-order valence-corrected chi connectivity index (χ1v) is 11.2. The van der Waals surface area contributed by atoms with Crippen molar-refractivity contribution in [2.75, 3.05) is 38.0 Å². The lowest BCUT2D eigenvalue weighted by Gasteiger charge is -2.33. The second-order valence-electron chi connectivity index (χ2n) is 6.93. The number of sulfonamides is 1.